The van der Waals surface area contributed by atoms with E-state index in [0.717, 1.165) is 9.46 Å². The van der Waals surface area contributed by atoms with Crippen molar-refractivity contribution >= 4 is 54.5 Å². The zero-order valence-corrected chi connectivity index (χ0v) is 17.1. The van der Waals surface area contributed by atoms with Crippen LogP contribution in [0.2, 0.25) is 0 Å². The van der Waals surface area contributed by atoms with Crippen molar-refractivity contribution in [3.8, 4) is 0 Å². The Morgan fingerprint density at radius 3 is 1.63 bits per heavy atom. The molecule has 2 aromatic rings. The van der Waals surface area contributed by atoms with Crippen LogP contribution in [-0.4, -0.2) is 11.2 Å². The molecule has 0 amide bonds. The fourth-order valence-electron chi connectivity index (χ4n) is 1.25. The third kappa shape index (κ3) is 4.69. The summed E-state index contributed by atoms with van der Waals surface area (Å²) in [5, 5.41) is 24.5. The van der Waals surface area contributed by atoms with Crippen molar-refractivity contribution in [3.05, 3.63) is 59.2 Å². The average molecular weight is 531 g/mol. The Labute approximate surface area is 132 Å². The molecule has 0 fully saturated rings. The van der Waals surface area contributed by atoms with Crippen molar-refractivity contribution in [1.29, 1.82) is 0 Å². The van der Waals surface area contributed by atoms with E-state index in [1.54, 1.807) is 24.3 Å². The van der Waals surface area contributed by atoms with Gasteiger partial charge in [0.05, 0.1) is 0 Å². The second kappa shape index (κ2) is 6.88. The molecule has 0 saturated carbocycles. The molecular weight excluding hydrogens is 523 g/mol. The zero-order valence-electron chi connectivity index (χ0n) is 9.40. The molecule has 0 N–H and O–H groups in total. The predicted molar refractivity (Wildman–Crippen MR) is 86.1 cm³/mol. The third-order valence-electron chi connectivity index (χ3n) is 2.02. The molecule has 0 atom stereocenters. The summed E-state index contributed by atoms with van der Waals surface area (Å²) in [4.78, 5) is 0. The monoisotopic (exact) mass is 530 g/mol. The molecular formula is C10H8Br2N2O2S2Sn. The summed E-state index contributed by atoms with van der Waals surface area (Å²) in [6.07, 6.45) is 2.93. The molecule has 4 nitrogen and oxygen atoms in total. The van der Waals surface area contributed by atoms with Gasteiger partial charge in [-0.1, -0.05) is 0 Å². The third-order valence-corrected chi connectivity index (χ3v) is 27.6. The molecule has 100 valence electrons. The van der Waals surface area contributed by atoms with E-state index in [1.807, 2.05) is 12.1 Å². The second-order valence-corrected chi connectivity index (χ2v) is 57.9. The van der Waals surface area contributed by atoms with Crippen LogP contribution in [-0.2, 0) is 0 Å². The molecule has 2 heterocycles. The van der Waals surface area contributed by atoms with Gasteiger partial charge in [-0.2, -0.15) is 0 Å². The molecule has 2 rings (SSSR count). The predicted octanol–water partition coefficient (Wildman–Crippen LogP) is 3.06. The topological polar surface area (TPSA) is 53.9 Å². The minimum atomic E-state index is -3.02. The summed E-state index contributed by atoms with van der Waals surface area (Å²) in [6, 6.07) is 10.5. The van der Waals surface area contributed by atoms with E-state index in [4.69, 9.17) is 0 Å². The number of pyridine rings is 2. The van der Waals surface area contributed by atoms with E-state index in [2.05, 4.69) is 25.4 Å². The number of rotatable bonds is 4. The number of halogens is 2. The molecule has 0 bridgehead atoms. The van der Waals surface area contributed by atoms with Crippen LogP contribution in [0.15, 0.2) is 58.8 Å². The van der Waals surface area contributed by atoms with Gasteiger partial charge in [0.25, 0.3) is 0 Å². The Kier molecular flexibility index (Phi) is 5.70. The maximum absolute atomic E-state index is 11.6. The van der Waals surface area contributed by atoms with E-state index < -0.39 is 11.2 Å². The number of hydrogen-bond acceptors (Lipinski definition) is 4. The first kappa shape index (κ1) is 15.7. The number of hydrogen-bond donors (Lipinski definition) is 0. The first-order valence-corrected chi connectivity index (χ1v) is 26.5. The van der Waals surface area contributed by atoms with Crippen molar-refractivity contribution in [2.45, 2.75) is 10.1 Å². The van der Waals surface area contributed by atoms with E-state index in [1.165, 1.54) is 30.3 Å². The Balaban J connectivity index is 2.15. The summed E-state index contributed by atoms with van der Waals surface area (Å²) in [7, 11) is 2.96. The van der Waals surface area contributed by atoms with Crippen molar-refractivity contribution in [3.63, 3.8) is 0 Å². The number of aromatic nitrogens is 2. The van der Waals surface area contributed by atoms with Crippen molar-refractivity contribution in [2.24, 2.45) is 0 Å². The van der Waals surface area contributed by atoms with Gasteiger partial charge >= 0.3 is 133 Å². The molecule has 2 aromatic heterocycles. The first-order valence-electron chi connectivity index (χ1n) is 5.10. The number of nitrogens with zero attached hydrogens (tertiary/aromatic N) is 2. The molecule has 0 aliphatic rings. The van der Waals surface area contributed by atoms with Gasteiger partial charge in [-0.3, -0.25) is 0 Å². The first-order chi connectivity index (χ1) is 8.98. The van der Waals surface area contributed by atoms with Crippen LogP contribution >= 0.6 is 43.3 Å². The Hall–Kier alpha value is 0.359. The molecule has 0 unspecified atom stereocenters. The molecule has 19 heavy (non-hydrogen) atoms. The van der Waals surface area contributed by atoms with Crippen molar-refractivity contribution < 1.29 is 9.46 Å². The van der Waals surface area contributed by atoms with Crippen LogP contribution in [0.25, 0.3) is 0 Å². The minimum absolute atomic E-state index is 0.618. The summed E-state index contributed by atoms with van der Waals surface area (Å²) >= 11 is 4.33. The molecule has 0 saturated heterocycles. The van der Waals surface area contributed by atoms with Gasteiger partial charge in [0.2, 0.25) is 0 Å². The molecule has 0 aliphatic heterocycles. The molecule has 0 radical (unpaired) electrons. The second-order valence-electron chi connectivity index (χ2n) is 3.40. The van der Waals surface area contributed by atoms with Crippen LogP contribution in [0.1, 0.15) is 0 Å². The van der Waals surface area contributed by atoms with Crippen LogP contribution < -0.4 is 9.46 Å². The standard InChI is InChI=1S/2C5H5NOS.2BrH.Sn/c2*7-6-4-2-1-3-5(6)8;;;/h2*1-4,8H;2*1H;/q;;;;+4/p-4. The molecule has 0 spiro atoms. The van der Waals surface area contributed by atoms with E-state index in [-0.39, 0.29) is 0 Å². The maximum atomic E-state index is 11.6. The SMILES string of the molecule is [O-][n+]1ccccc1[S][Sn]([Br])([Br])[S]c1cccc[n+]1[O-]. The van der Waals surface area contributed by atoms with Crippen LogP contribution in [0.5, 0.6) is 0 Å². The van der Waals surface area contributed by atoms with Crippen LogP contribution in [0.4, 0.5) is 0 Å². The fraction of sp³-hybridized carbons (Fsp3) is 0. The molecule has 0 aromatic carbocycles. The summed E-state index contributed by atoms with van der Waals surface area (Å²) in [5.41, 5.74) is 0. The van der Waals surface area contributed by atoms with Crippen LogP contribution in [0.3, 0.4) is 0 Å². The van der Waals surface area contributed by atoms with E-state index >= 15 is 0 Å². The van der Waals surface area contributed by atoms with Gasteiger partial charge < -0.3 is 0 Å². The zero-order chi connectivity index (χ0) is 13.9. The van der Waals surface area contributed by atoms with Gasteiger partial charge in [-0.15, -0.1) is 0 Å². The van der Waals surface area contributed by atoms with E-state index in [9.17, 15) is 10.4 Å². The van der Waals surface area contributed by atoms with Crippen LogP contribution in [0, 0.1) is 10.4 Å². The Morgan fingerprint density at radius 2 is 1.26 bits per heavy atom. The Morgan fingerprint density at radius 1 is 0.842 bits per heavy atom. The van der Waals surface area contributed by atoms with E-state index in [0.29, 0.717) is 10.1 Å². The average Bonchev–Trinajstić information content (AvgIpc) is 2.35. The van der Waals surface area contributed by atoms with Crippen molar-refractivity contribution in [2.75, 3.05) is 0 Å². The van der Waals surface area contributed by atoms with Gasteiger partial charge in [-0.25, -0.2) is 0 Å². The normalized spacial score (nSPS) is 11.5. The summed E-state index contributed by atoms with van der Waals surface area (Å²) in [6.45, 7) is 0. The van der Waals surface area contributed by atoms with Gasteiger partial charge in [-0.05, 0) is 0 Å². The molecule has 9 heteroatoms. The Bertz CT molecular complexity index is 539. The summed E-state index contributed by atoms with van der Waals surface area (Å²) < 4.78 is 1.66. The fourth-order valence-corrected chi connectivity index (χ4v) is 27.2. The van der Waals surface area contributed by atoms with Gasteiger partial charge in [0, 0.05) is 0 Å². The summed E-state index contributed by atoms with van der Waals surface area (Å²) in [5.74, 6) is 0. The van der Waals surface area contributed by atoms with Gasteiger partial charge in [0.15, 0.2) is 0 Å². The molecule has 0 aliphatic carbocycles. The van der Waals surface area contributed by atoms with Gasteiger partial charge in [0.1, 0.15) is 0 Å². The van der Waals surface area contributed by atoms with Crippen molar-refractivity contribution in [1.82, 2.24) is 0 Å². The quantitative estimate of drug-likeness (QED) is 0.346.